The Labute approximate surface area is 133 Å². The lowest BCUT2D eigenvalue weighted by Gasteiger charge is -2.12. The molecule has 2 N–H and O–H groups in total. The highest BCUT2D eigenvalue weighted by Gasteiger charge is 2.15. The van der Waals surface area contributed by atoms with Gasteiger partial charge in [-0.25, -0.2) is 0 Å². The molecule has 1 aromatic rings. The quantitative estimate of drug-likeness (QED) is 0.771. The lowest BCUT2D eigenvalue weighted by Crippen LogP contribution is -2.19. The maximum Gasteiger partial charge on any atom is 0.224 e. The maximum absolute atomic E-state index is 12.0. The highest BCUT2D eigenvalue weighted by molar-refractivity contribution is 5.90. The minimum absolute atomic E-state index is 0.0809. The minimum Gasteiger partial charge on any atom is -0.492 e. The van der Waals surface area contributed by atoms with E-state index < -0.39 is 0 Å². The molecule has 0 spiro atoms. The Morgan fingerprint density at radius 3 is 3.05 bits per heavy atom. The van der Waals surface area contributed by atoms with Crippen molar-refractivity contribution < 1.29 is 9.53 Å². The first-order valence-corrected chi connectivity index (χ1v) is 8.01. The number of rotatable bonds is 8. The average Bonchev–Trinajstić information content (AvgIpc) is 2.98. The zero-order valence-electron chi connectivity index (χ0n) is 13.6. The molecule has 1 aliphatic heterocycles. The fourth-order valence-corrected chi connectivity index (χ4v) is 2.53. The molecular formula is C17H27N3O2. The number of anilines is 1. The number of carbonyl (C=O) groups is 1. The van der Waals surface area contributed by atoms with Gasteiger partial charge in [0.1, 0.15) is 12.4 Å². The fourth-order valence-electron chi connectivity index (χ4n) is 2.53. The van der Waals surface area contributed by atoms with E-state index in [0.717, 1.165) is 37.5 Å². The normalized spacial score (nSPS) is 17.7. The molecule has 1 saturated heterocycles. The summed E-state index contributed by atoms with van der Waals surface area (Å²) in [5, 5.41) is 6.28. The van der Waals surface area contributed by atoms with Crippen molar-refractivity contribution >= 4 is 11.6 Å². The Morgan fingerprint density at radius 2 is 2.32 bits per heavy atom. The largest absolute Gasteiger partial charge is 0.492 e. The molecule has 1 amide bonds. The van der Waals surface area contributed by atoms with E-state index in [1.165, 1.54) is 6.42 Å². The van der Waals surface area contributed by atoms with Crippen molar-refractivity contribution in [3.05, 3.63) is 24.3 Å². The van der Waals surface area contributed by atoms with Crippen LogP contribution in [0.2, 0.25) is 0 Å². The molecule has 1 unspecified atom stereocenters. The number of nitrogens with zero attached hydrogens (tertiary/aromatic N) is 1. The molecule has 0 aliphatic carbocycles. The second kappa shape index (κ2) is 8.76. The van der Waals surface area contributed by atoms with Crippen LogP contribution in [0.25, 0.3) is 0 Å². The van der Waals surface area contributed by atoms with Crippen molar-refractivity contribution in [3.8, 4) is 5.75 Å². The van der Waals surface area contributed by atoms with Gasteiger partial charge in [-0.15, -0.1) is 0 Å². The van der Waals surface area contributed by atoms with Crippen LogP contribution in [-0.4, -0.2) is 51.1 Å². The third-order valence-electron chi connectivity index (χ3n) is 3.87. The first-order valence-electron chi connectivity index (χ1n) is 8.01. The summed E-state index contributed by atoms with van der Waals surface area (Å²) in [6, 6.07) is 7.59. The number of hydrogen-bond acceptors (Lipinski definition) is 4. The lowest BCUT2D eigenvalue weighted by atomic mass is 10.0. The van der Waals surface area contributed by atoms with Crippen LogP contribution in [0.4, 0.5) is 5.69 Å². The first-order chi connectivity index (χ1) is 10.6. The number of carbonyl (C=O) groups excluding carboxylic acids is 1. The van der Waals surface area contributed by atoms with Crippen LogP contribution in [0.15, 0.2) is 24.3 Å². The van der Waals surface area contributed by atoms with Crippen molar-refractivity contribution in [3.63, 3.8) is 0 Å². The first kappa shape index (κ1) is 16.8. The van der Waals surface area contributed by atoms with E-state index >= 15 is 0 Å². The van der Waals surface area contributed by atoms with Crippen LogP contribution in [0.3, 0.4) is 0 Å². The second-order valence-electron chi connectivity index (χ2n) is 6.13. The SMILES string of the molecule is CN(C)CCOc1cccc(NC(=O)CCC2CCNC2)c1. The summed E-state index contributed by atoms with van der Waals surface area (Å²) in [5.74, 6) is 1.52. The molecule has 1 heterocycles. The van der Waals surface area contributed by atoms with Crippen LogP contribution < -0.4 is 15.4 Å². The number of ether oxygens (including phenoxy) is 1. The van der Waals surface area contributed by atoms with Crippen molar-refractivity contribution in [2.75, 3.05) is 45.7 Å². The zero-order valence-corrected chi connectivity index (χ0v) is 13.6. The molecule has 0 saturated carbocycles. The van der Waals surface area contributed by atoms with Gasteiger partial charge < -0.3 is 20.3 Å². The molecule has 1 fully saturated rings. The molecule has 0 bridgehead atoms. The third kappa shape index (κ3) is 6.03. The van der Waals surface area contributed by atoms with Crippen molar-refractivity contribution in [2.24, 2.45) is 5.92 Å². The average molecular weight is 305 g/mol. The maximum atomic E-state index is 12.0. The van der Waals surface area contributed by atoms with Gasteiger partial charge in [0, 0.05) is 24.7 Å². The van der Waals surface area contributed by atoms with Gasteiger partial charge in [0.05, 0.1) is 0 Å². The monoisotopic (exact) mass is 305 g/mol. The molecule has 0 radical (unpaired) electrons. The van der Waals surface area contributed by atoms with E-state index in [4.69, 9.17) is 4.74 Å². The number of benzene rings is 1. The van der Waals surface area contributed by atoms with Crippen molar-refractivity contribution in [2.45, 2.75) is 19.3 Å². The minimum atomic E-state index is 0.0809. The topological polar surface area (TPSA) is 53.6 Å². The molecular weight excluding hydrogens is 278 g/mol. The van der Waals surface area contributed by atoms with E-state index in [9.17, 15) is 4.79 Å². The second-order valence-corrected chi connectivity index (χ2v) is 6.13. The van der Waals surface area contributed by atoms with Crippen LogP contribution in [0.1, 0.15) is 19.3 Å². The Bertz CT molecular complexity index is 471. The predicted molar refractivity (Wildman–Crippen MR) is 89.3 cm³/mol. The number of hydrogen-bond donors (Lipinski definition) is 2. The van der Waals surface area contributed by atoms with Crippen LogP contribution >= 0.6 is 0 Å². The summed E-state index contributed by atoms with van der Waals surface area (Å²) in [6.07, 6.45) is 2.72. The van der Waals surface area contributed by atoms with E-state index in [0.29, 0.717) is 18.9 Å². The van der Waals surface area contributed by atoms with Gasteiger partial charge in [0.25, 0.3) is 0 Å². The van der Waals surface area contributed by atoms with Gasteiger partial charge in [-0.3, -0.25) is 4.79 Å². The van der Waals surface area contributed by atoms with Crippen molar-refractivity contribution in [1.29, 1.82) is 0 Å². The predicted octanol–water partition coefficient (Wildman–Crippen LogP) is 1.96. The smallest absolute Gasteiger partial charge is 0.224 e. The highest BCUT2D eigenvalue weighted by atomic mass is 16.5. The summed E-state index contributed by atoms with van der Waals surface area (Å²) >= 11 is 0. The summed E-state index contributed by atoms with van der Waals surface area (Å²) in [6.45, 7) is 3.63. The third-order valence-corrected chi connectivity index (χ3v) is 3.87. The summed E-state index contributed by atoms with van der Waals surface area (Å²) in [4.78, 5) is 14.1. The molecule has 0 aromatic heterocycles. The standard InChI is InChI=1S/C17H27N3O2/c1-20(2)10-11-22-16-5-3-4-15(12-16)19-17(21)7-6-14-8-9-18-13-14/h3-5,12,14,18H,6-11,13H2,1-2H3,(H,19,21). The van der Waals surface area contributed by atoms with Gasteiger partial charge in [0.2, 0.25) is 5.91 Å². The molecule has 1 atom stereocenters. The van der Waals surface area contributed by atoms with Gasteiger partial charge in [-0.2, -0.15) is 0 Å². The van der Waals surface area contributed by atoms with E-state index in [2.05, 4.69) is 15.5 Å². The van der Waals surface area contributed by atoms with E-state index in [-0.39, 0.29) is 5.91 Å². The van der Waals surface area contributed by atoms with Crippen molar-refractivity contribution in [1.82, 2.24) is 10.2 Å². The van der Waals surface area contributed by atoms with Crippen LogP contribution in [0, 0.1) is 5.92 Å². The summed E-state index contributed by atoms with van der Waals surface area (Å²) < 4.78 is 5.68. The van der Waals surface area contributed by atoms with E-state index in [1.54, 1.807) is 0 Å². The van der Waals surface area contributed by atoms with Gasteiger partial charge in [0.15, 0.2) is 0 Å². The summed E-state index contributed by atoms with van der Waals surface area (Å²) in [7, 11) is 4.03. The highest BCUT2D eigenvalue weighted by Crippen LogP contribution is 2.19. The van der Waals surface area contributed by atoms with E-state index in [1.807, 2.05) is 38.4 Å². The van der Waals surface area contributed by atoms with Gasteiger partial charge in [-0.05, 0) is 58.1 Å². The Kier molecular flexibility index (Phi) is 6.68. The van der Waals surface area contributed by atoms with Gasteiger partial charge >= 0.3 is 0 Å². The summed E-state index contributed by atoms with van der Waals surface area (Å²) in [5.41, 5.74) is 0.803. The number of likely N-dealkylation sites (N-methyl/N-ethyl adjacent to an activating group) is 1. The lowest BCUT2D eigenvalue weighted by molar-refractivity contribution is -0.116. The molecule has 22 heavy (non-hydrogen) atoms. The zero-order chi connectivity index (χ0) is 15.8. The Hall–Kier alpha value is -1.59. The molecule has 2 rings (SSSR count). The molecule has 1 aromatic carbocycles. The molecule has 5 nitrogen and oxygen atoms in total. The number of amides is 1. The van der Waals surface area contributed by atoms with Gasteiger partial charge in [-0.1, -0.05) is 6.07 Å². The van der Waals surface area contributed by atoms with Crippen LogP contribution in [0.5, 0.6) is 5.75 Å². The van der Waals surface area contributed by atoms with Crippen LogP contribution in [-0.2, 0) is 4.79 Å². The molecule has 1 aliphatic rings. The number of nitrogens with one attached hydrogen (secondary N) is 2. The fraction of sp³-hybridized carbons (Fsp3) is 0.588. The molecule has 122 valence electrons. The Balaban J connectivity index is 1.75. The Morgan fingerprint density at radius 1 is 1.45 bits per heavy atom. The molecule has 5 heteroatoms.